The molecule has 0 aliphatic carbocycles. The van der Waals surface area contributed by atoms with E-state index < -0.39 is 0 Å². The maximum atomic E-state index is 2.25. The lowest BCUT2D eigenvalue weighted by Gasteiger charge is -2.02. The minimum absolute atomic E-state index is 0.292. The predicted octanol–water partition coefficient (Wildman–Crippen LogP) is 5.33. The lowest BCUT2D eigenvalue weighted by molar-refractivity contribution is 1.65. The third-order valence-electron chi connectivity index (χ3n) is 3.73. The summed E-state index contributed by atoms with van der Waals surface area (Å²) in [7, 11) is -0.292. The normalized spacial score (nSPS) is 14.3. The molecule has 1 aliphatic heterocycles. The molecule has 0 radical (unpaired) electrons. The van der Waals surface area contributed by atoms with Crippen LogP contribution in [0.15, 0.2) is 91.0 Å². The first kappa shape index (κ1) is 12.6. The van der Waals surface area contributed by atoms with E-state index in [4.69, 9.17) is 0 Å². The highest BCUT2D eigenvalue weighted by Crippen LogP contribution is 2.77. The van der Waals surface area contributed by atoms with E-state index in [0.29, 0.717) is 0 Å². The Kier molecular flexibility index (Phi) is 3.18. The second-order valence-electron chi connectivity index (χ2n) is 5.10. The van der Waals surface area contributed by atoms with Crippen LogP contribution in [0.2, 0.25) is 0 Å². The average molecular weight is 286 g/mol. The Labute approximate surface area is 126 Å². The van der Waals surface area contributed by atoms with Crippen molar-refractivity contribution in [1.82, 2.24) is 0 Å². The van der Waals surface area contributed by atoms with E-state index in [2.05, 4.69) is 91.0 Å². The summed E-state index contributed by atoms with van der Waals surface area (Å²) in [6.07, 6.45) is 0. The average Bonchev–Trinajstić information content (AvgIpc) is 3.33. The SMILES string of the molecule is c1ccc(C2=C(c3ccccc3)P2c2ccccc2)cc1. The molecule has 0 unspecified atom stereocenters. The molecule has 1 heteroatoms. The largest absolute Gasteiger partial charge is 0.0622 e. The zero-order valence-corrected chi connectivity index (χ0v) is 12.5. The Morgan fingerprint density at radius 1 is 0.429 bits per heavy atom. The summed E-state index contributed by atoms with van der Waals surface area (Å²) in [5.74, 6) is 0. The maximum Gasteiger partial charge on any atom is 0.00115 e. The third kappa shape index (κ3) is 2.33. The zero-order valence-electron chi connectivity index (χ0n) is 11.6. The van der Waals surface area contributed by atoms with Gasteiger partial charge in [-0.15, -0.1) is 0 Å². The molecule has 100 valence electrons. The molecule has 1 aliphatic rings. The Morgan fingerprint density at radius 2 is 0.810 bits per heavy atom. The minimum Gasteiger partial charge on any atom is -0.0622 e. The van der Waals surface area contributed by atoms with Crippen molar-refractivity contribution in [3.63, 3.8) is 0 Å². The van der Waals surface area contributed by atoms with Crippen LogP contribution in [0.25, 0.3) is 10.6 Å². The van der Waals surface area contributed by atoms with Gasteiger partial charge in [-0.25, -0.2) is 0 Å². The fourth-order valence-corrected chi connectivity index (χ4v) is 5.26. The highest BCUT2D eigenvalue weighted by atomic mass is 31.1. The van der Waals surface area contributed by atoms with Crippen LogP contribution in [-0.2, 0) is 0 Å². The van der Waals surface area contributed by atoms with Gasteiger partial charge < -0.3 is 0 Å². The van der Waals surface area contributed by atoms with Crippen LogP contribution in [0.4, 0.5) is 0 Å². The number of hydrogen-bond acceptors (Lipinski definition) is 0. The van der Waals surface area contributed by atoms with Crippen LogP contribution in [0.5, 0.6) is 0 Å². The molecule has 3 aromatic rings. The van der Waals surface area contributed by atoms with Crippen LogP contribution >= 0.6 is 7.92 Å². The first-order valence-corrected chi connectivity index (χ1v) is 8.49. The second kappa shape index (κ2) is 5.31. The molecule has 0 aromatic heterocycles. The summed E-state index contributed by atoms with van der Waals surface area (Å²) < 4.78 is 0. The summed E-state index contributed by atoms with van der Waals surface area (Å²) in [5, 5.41) is 4.51. The quantitative estimate of drug-likeness (QED) is 0.571. The molecule has 4 rings (SSSR count). The van der Waals surface area contributed by atoms with Gasteiger partial charge in [-0.05, 0) is 24.4 Å². The van der Waals surface area contributed by atoms with Crippen LogP contribution in [-0.4, -0.2) is 0 Å². The van der Waals surface area contributed by atoms with Crippen molar-refractivity contribution in [3.05, 3.63) is 102 Å². The van der Waals surface area contributed by atoms with Crippen LogP contribution in [0.1, 0.15) is 11.1 Å². The molecule has 0 N–H and O–H groups in total. The first-order chi connectivity index (χ1) is 10.4. The molecule has 0 atom stereocenters. The van der Waals surface area contributed by atoms with E-state index >= 15 is 0 Å². The van der Waals surface area contributed by atoms with E-state index in [1.807, 2.05) is 0 Å². The molecule has 0 amide bonds. The molecular formula is C20H15P. The molecule has 0 saturated carbocycles. The predicted molar refractivity (Wildman–Crippen MR) is 92.7 cm³/mol. The Bertz CT molecular complexity index is 724. The molecular weight excluding hydrogens is 271 g/mol. The van der Waals surface area contributed by atoms with Crippen molar-refractivity contribution >= 4 is 23.9 Å². The summed E-state index contributed by atoms with van der Waals surface area (Å²) in [4.78, 5) is 0. The topological polar surface area (TPSA) is 0 Å². The Hall–Kier alpha value is -2.17. The molecule has 0 fully saturated rings. The van der Waals surface area contributed by atoms with Gasteiger partial charge in [-0.2, -0.15) is 0 Å². The highest BCUT2D eigenvalue weighted by Gasteiger charge is 2.39. The van der Waals surface area contributed by atoms with Gasteiger partial charge in [0.2, 0.25) is 0 Å². The van der Waals surface area contributed by atoms with E-state index in [1.165, 1.54) is 27.1 Å². The van der Waals surface area contributed by atoms with Gasteiger partial charge in [-0.1, -0.05) is 91.0 Å². The molecule has 3 aromatic carbocycles. The smallest absolute Gasteiger partial charge is 0.00115 e. The van der Waals surface area contributed by atoms with E-state index in [0.717, 1.165) is 0 Å². The van der Waals surface area contributed by atoms with E-state index in [9.17, 15) is 0 Å². The van der Waals surface area contributed by atoms with Crippen LogP contribution in [0, 0.1) is 0 Å². The van der Waals surface area contributed by atoms with Gasteiger partial charge in [0, 0.05) is 10.6 Å². The third-order valence-corrected chi connectivity index (χ3v) is 6.18. The summed E-state index contributed by atoms with van der Waals surface area (Å²) in [5.41, 5.74) is 2.73. The van der Waals surface area contributed by atoms with Crippen LogP contribution < -0.4 is 5.30 Å². The molecule has 0 nitrogen and oxygen atoms in total. The first-order valence-electron chi connectivity index (χ1n) is 7.15. The van der Waals surface area contributed by atoms with Crippen molar-refractivity contribution in [3.8, 4) is 0 Å². The van der Waals surface area contributed by atoms with Gasteiger partial charge in [0.05, 0.1) is 0 Å². The van der Waals surface area contributed by atoms with Gasteiger partial charge in [0.25, 0.3) is 0 Å². The molecule has 21 heavy (non-hydrogen) atoms. The van der Waals surface area contributed by atoms with Crippen LogP contribution in [0.3, 0.4) is 0 Å². The van der Waals surface area contributed by atoms with Gasteiger partial charge >= 0.3 is 0 Å². The van der Waals surface area contributed by atoms with Crippen molar-refractivity contribution in [1.29, 1.82) is 0 Å². The summed E-state index contributed by atoms with van der Waals surface area (Å²) >= 11 is 0. The fraction of sp³-hybridized carbons (Fsp3) is 0. The fourth-order valence-electron chi connectivity index (χ4n) is 2.72. The highest BCUT2D eigenvalue weighted by molar-refractivity contribution is 7.94. The summed E-state index contributed by atoms with van der Waals surface area (Å²) in [6, 6.07) is 32.5. The second-order valence-corrected chi connectivity index (χ2v) is 7.18. The lowest BCUT2D eigenvalue weighted by Crippen LogP contribution is -1.92. The van der Waals surface area contributed by atoms with Gasteiger partial charge in [0.1, 0.15) is 0 Å². The molecule has 1 heterocycles. The lowest BCUT2D eigenvalue weighted by atomic mass is 10.1. The zero-order chi connectivity index (χ0) is 14.1. The van der Waals surface area contributed by atoms with Gasteiger partial charge in [0.15, 0.2) is 0 Å². The summed E-state index contributed by atoms with van der Waals surface area (Å²) in [6.45, 7) is 0. The van der Waals surface area contributed by atoms with Crippen molar-refractivity contribution < 1.29 is 0 Å². The minimum atomic E-state index is -0.292. The van der Waals surface area contributed by atoms with Crippen molar-refractivity contribution in [2.45, 2.75) is 0 Å². The number of hydrogen-bond donors (Lipinski definition) is 0. The van der Waals surface area contributed by atoms with Gasteiger partial charge in [-0.3, -0.25) is 0 Å². The van der Waals surface area contributed by atoms with E-state index in [1.54, 1.807) is 0 Å². The maximum absolute atomic E-state index is 2.25. The Morgan fingerprint density at radius 3 is 1.24 bits per heavy atom. The van der Waals surface area contributed by atoms with Crippen molar-refractivity contribution in [2.24, 2.45) is 0 Å². The Balaban J connectivity index is 1.81. The van der Waals surface area contributed by atoms with Crippen molar-refractivity contribution in [2.75, 3.05) is 0 Å². The molecule has 0 bridgehead atoms. The molecule has 0 spiro atoms. The number of benzene rings is 3. The van der Waals surface area contributed by atoms with E-state index in [-0.39, 0.29) is 7.92 Å². The monoisotopic (exact) mass is 286 g/mol. The standard InChI is InChI=1S/C20H15P/c1-4-10-16(11-5-1)19-20(17-12-6-2-7-13-17)21(19)18-14-8-3-9-15-18/h1-15H. The number of rotatable bonds is 3. The molecule has 0 saturated heterocycles.